The van der Waals surface area contributed by atoms with E-state index in [0.717, 1.165) is 30.7 Å². The number of unbranched alkanes of at least 4 members (excludes halogenated alkanes) is 1. The maximum Gasteiger partial charge on any atom is 0.191 e. The van der Waals surface area contributed by atoms with Crippen LogP contribution in [0.2, 0.25) is 18.1 Å². The van der Waals surface area contributed by atoms with E-state index in [4.69, 9.17) is 9.41 Å². The van der Waals surface area contributed by atoms with Gasteiger partial charge in [-0.05, 0) is 78.9 Å². The molecule has 3 nitrogen and oxygen atoms in total. The van der Waals surface area contributed by atoms with Gasteiger partial charge in [0.1, 0.15) is 5.78 Å². The first kappa shape index (κ1) is 27.5. The normalized spacial score (nSPS) is 13.1. The molecule has 0 saturated carbocycles. The highest BCUT2D eigenvalue weighted by Crippen LogP contribution is 2.36. The third-order valence-corrected chi connectivity index (χ3v) is 12.2. The number of nitrogens with zero attached hydrogens (tertiary/aromatic N) is 1. The van der Waals surface area contributed by atoms with Crippen molar-refractivity contribution in [3.63, 3.8) is 0 Å². The molecule has 0 bridgehead atoms. The van der Waals surface area contributed by atoms with Crippen molar-refractivity contribution in [2.24, 2.45) is 0 Å². The smallest absolute Gasteiger partial charge is 0.191 e. The monoisotopic (exact) mass is 491 g/mol. The molecule has 0 spiro atoms. The quantitative estimate of drug-likeness (QED) is 0.171. The lowest BCUT2D eigenvalue weighted by Gasteiger charge is -2.36. The van der Waals surface area contributed by atoms with Gasteiger partial charge >= 0.3 is 0 Å². The van der Waals surface area contributed by atoms with Gasteiger partial charge in [0.05, 0.1) is 5.52 Å². The van der Waals surface area contributed by atoms with Crippen molar-refractivity contribution in [1.82, 2.24) is 4.98 Å². The molecule has 190 valence electrons. The minimum absolute atomic E-state index is 0.0648. The van der Waals surface area contributed by atoms with E-state index in [9.17, 15) is 4.79 Å². The second kappa shape index (κ2) is 10.5. The van der Waals surface area contributed by atoms with E-state index in [1.807, 2.05) is 0 Å². The Balaban J connectivity index is 1.70. The van der Waals surface area contributed by atoms with Gasteiger partial charge in [-0.3, -0.25) is 9.78 Å². The number of hydrogen-bond donors (Lipinski definition) is 0. The summed E-state index contributed by atoms with van der Waals surface area (Å²) in [5.41, 5.74) is 4.65. The molecule has 0 aliphatic carbocycles. The van der Waals surface area contributed by atoms with Crippen LogP contribution in [-0.2, 0) is 21.1 Å². The number of ketones is 1. The Morgan fingerprint density at radius 1 is 0.886 bits per heavy atom. The molecule has 1 aromatic heterocycles. The predicted molar refractivity (Wildman–Crippen MR) is 153 cm³/mol. The summed E-state index contributed by atoms with van der Waals surface area (Å²) in [5, 5.41) is 3.84. The molecule has 4 heteroatoms. The van der Waals surface area contributed by atoms with E-state index in [-0.39, 0.29) is 10.5 Å². The SMILES string of the molecule is Cc1ccc2nc(CCC(=O)CCCCO[Si](C)(C)C(C)(C)C)c3cc(C(C)(C)C)ccc3c2c1. The Bertz CT molecular complexity index is 1200. The van der Waals surface area contributed by atoms with Gasteiger partial charge in [0.25, 0.3) is 0 Å². The van der Waals surface area contributed by atoms with Crippen molar-refractivity contribution in [1.29, 1.82) is 0 Å². The van der Waals surface area contributed by atoms with Gasteiger partial charge in [-0.25, -0.2) is 0 Å². The number of aromatic nitrogens is 1. The number of pyridine rings is 1. The lowest BCUT2D eigenvalue weighted by atomic mass is 9.85. The Morgan fingerprint density at radius 3 is 2.26 bits per heavy atom. The van der Waals surface area contributed by atoms with Gasteiger partial charge in [0.15, 0.2) is 8.32 Å². The molecule has 0 aliphatic rings. The summed E-state index contributed by atoms with van der Waals surface area (Å²) in [4.78, 5) is 17.8. The minimum Gasteiger partial charge on any atom is -0.417 e. The van der Waals surface area contributed by atoms with Gasteiger partial charge in [-0.15, -0.1) is 0 Å². The fourth-order valence-corrected chi connectivity index (χ4v) is 5.28. The number of carbonyl (C=O) groups excluding carboxylic acids is 1. The van der Waals surface area contributed by atoms with Gasteiger partial charge in [0.2, 0.25) is 0 Å². The topological polar surface area (TPSA) is 39.2 Å². The summed E-state index contributed by atoms with van der Waals surface area (Å²) < 4.78 is 6.26. The highest BCUT2D eigenvalue weighted by molar-refractivity contribution is 6.74. The second-order valence-corrected chi connectivity index (χ2v) is 17.5. The van der Waals surface area contributed by atoms with Crippen molar-refractivity contribution in [2.75, 3.05) is 6.61 Å². The number of hydrogen-bond acceptors (Lipinski definition) is 3. The van der Waals surface area contributed by atoms with Crippen LogP contribution >= 0.6 is 0 Å². The summed E-state index contributed by atoms with van der Waals surface area (Å²) in [6.07, 6.45) is 3.70. The van der Waals surface area contributed by atoms with Crippen LogP contribution in [0.1, 0.15) is 84.0 Å². The number of rotatable bonds is 9. The molecule has 35 heavy (non-hydrogen) atoms. The number of fused-ring (bicyclic) bond motifs is 3. The standard InChI is InChI=1S/C31H45NO2Si/c1-22-13-17-28-26(20-22)25-16-14-23(30(2,3)4)21-27(25)29(32-28)18-15-24(33)12-10-11-19-34-35(8,9)31(5,6)7/h13-14,16-17,20-21H,10-12,15,18-19H2,1-9H3. The zero-order valence-electron chi connectivity index (χ0n) is 23.5. The minimum atomic E-state index is -1.71. The molecule has 0 N–H and O–H groups in total. The average Bonchev–Trinajstić information content (AvgIpc) is 2.75. The third kappa shape index (κ3) is 6.80. The average molecular weight is 492 g/mol. The van der Waals surface area contributed by atoms with Crippen molar-refractivity contribution in [3.8, 4) is 0 Å². The van der Waals surface area contributed by atoms with Crippen LogP contribution in [0.15, 0.2) is 36.4 Å². The van der Waals surface area contributed by atoms with Gasteiger partial charge < -0.3 is 4.43 Å². The number of benzene rings is 2. The van der Waals surface area contributed by atoms with Crippen LogP contribution in [0.5, 0.6) is 0 Å². The van der Waals surface area contributed by atoms with Crippen molar-refractivity contribution in [2.45, 2.75) is 104 Å². The lowest BCUT2D eigenvalue weighted by Crippen LogP contribution is -2.40. The van der Waals surface area contributed by atoms with E-state index in [1.165, 1.54) is 27.3 Å². The fourth-order valence-electron chi connectivity index (χ4n) is 4.19. The molecule has 0 amide bonds. The maximum absolute atomic E-state index is 12.7. The zero-order chi connectivity index (χ0) is 26.0. The Kier molecular flexibility index (Phi) is 8.28. The number of aryl methyl sites for hydroxylation is 2. The highest BCUT2D eigenvalue weighted by Gasteiger charge is 2.36. The molecule has 2 aromatic carbocycles. The highest BCUT2D eigenvalue weighted by atomic mass is 28.4. The van der Waals surface area contributed by atoms with Crippen LogP contribution in [0.25, 0.3) is 21.7 Å². The van der Waals surface area contributed by atoms with Crippen molar-refractivity contribution in [3.05, 3.63) is 53.2 Å². The molecule has 1 heterocycles. The molecule has 0 saturated heterocycles. The Morgan fingerprint density at radius 2 is 1.60 bits per heavy atom. The molecule has 0 atom stereocenters. The fraction of sp³-hybridized carbons (Fsp3) is 0.548. The van der Waals surface area contributed by atoms with Crippen LogP contribution in [-0.4, -0.2) is 25.7 Å². The second-order valence-electron chi connectivity index (χ2n) is 12.7. The van der Waals surface area contributed by atoms with Gasteiger partial charge in [-0.1, -0.05) is 65.3 Å². The zero-order valence-corrected chi connectivity index (χ0v) is 24.5. The summed E-state index contributed by atoms with van der Waals surface area (Å²) in [5.74, 6) is 0.322. The van der Waals surface area contributed by atoms with E-state index >= 15 is 0 Å². The summed E-state index contributed by atoms with van der Waals surface area (Å²) in [7, 11) is -1.71. The van der Waals surface area contributed by atoms with Crippen molar-refractivity contribution >= 4 is 35.8 Å². The molecule has 3 rings (SSSR count). The summed E-state index contributed by atoms with van der Waals surface area (Å²) in [6, 6.07) is 13.2. The number of Topliss-reactive ketones (excluding diaryl/α,β-unsaturated/α-hetero) is 1. The first-order valence-electron chi connectivity index (χ1n) is 13.2. The van der Waals surface area contributed by atoms with E-state index in [1.54, 1.807) is 0 Å². The number of carbonyl (C=O) groups is 1. The Hall–Kier alpha value is -2.04. The molecule has 3 aromatic rings. The predicted octanol–water partition coefficient (Wildman–Crippen LogP) is 8.69. The molecule has 0 fully saturated rings. The lowest BCUT2D eigenvalue weighted by molar-refractivity contribution is -0.119. The van der Waals surface area contributed by atoms with Crippen LogP contribution < -0.4 is 0 Å². The molecule has 0 unspecified atom stereocenters. The summed E-state index contributed by atoms with van der Waals surface area (Å²) in [6.45, 7) is 21.0. The molecule has 0 aliphatic heterocycles. The van der Waals surface area contributed by atoms with Crippen LogP contribution in [0.4, 0.5) is 0 Å². The Labute approximate surface area is 213 Å². The third-order valence-electron chi connectivity index (χ3n) is 7.65. The molecule has 0 radical (unpaired) electrons. The largest absolute Gasteiger partial charge is 0.417 e. The van der Waals surface area contributed by atoms with Crippen molar-refractivity contribution < 1.29 is 9.22 Å². The summed E-state index contributed by atoms with van der Waals surface area (Å²) >= 11 is 0. The molecular formula is C31H45NO2Si. The van der Waals surface area contributed by atoms with E-state index in [0.29, 0.717) is 25.0 Å². The first-order chi connectivity index (χ1) is 16.2. The van der Waals surface area contributed by atoms with Crippen LogP contribution in [0, 0.1) is 6.92 Å². The van der Waals surface area contributed by atoms with E-state index < -0.39 is 8.32 Å². The van der Waals surface area contributed by atoms with Gasteiger partial charge in [-0.2, -0.15) is 0 Å². The van der Waals surface area contributed by atoms with E-state index in [2.05, 4.69) is 98.0 Å². The van der Waals surface area contributed by atoms with Crippen LogP contribution in [0.3, 0.4) is 0 Å². The molecular weight excluding hydrogens is 446 g/mol. The maximum atomic E-state index is 12.7. The first-order valence-corrected chi connectivity index (χ1v) is 16.1. The van der Waals surface area contributed by atoms with Gasteiger partial charge in [0, 0.05) is 35.9 Å².